The molecular formula is C13H14NO. The van der Waals surface area contributed by atoms with Crippen LogP contribution in [-0.4, -0.2) is 24.3 Å². The van der Waals surface area contributed by atoms with Crippen molar-refractivity contribution in [1.29, 1.82) is 0 Å². The topological polar surface area (TPSA) is 20.3 Å². The average molecular weight is 200 g/mol. The summed E-state index contributed by atoms with van der Waals surface area (Å²) >= 11 is 0. The molecule has 2 rings (SSSR count). The Labute approximate surface area is 90.2 Å². The van der Waals surface area contributed by atoms with Gasteiger partial charge in [0.25, 0.3) is 6.29 Å². The third kappa shape index (κ3) is 2.46. The summed E-state index contributed by atoms with van der Waals surface area (Å²) in [5.74, 6) is 0. The molecule has 2 heteroatoms. The Morgan fingerprint density at radius 3 is 2.47 bits per heavy atom. The highest BCUT2D eigenvalue weighted by atomic mass is 16.1. The van der Waals surface area contributed by atoms with Crippen molar-refractivity contribution >= 4 is 12.4 Å². The maximum Gasteiger partial charge on any atom is 0.251 e. The molecule has 0 spiro atoms. The summed E-state index contributed by atoms with van der Waals surface area (Å²) in [5.41, 5.74) is 1.74. The minimum absolute atomic E-state index is 0.679. The van der Waals surface area contributed by atoms with Crippen LogP contribution >= 0.6 is 0 Å². The molecule has 0 amide bonds. The van der Waals surface area contributed by atoms with Crippen molar-refractivity contribution < 1.29 is 4.79 Å². The summed E-state index contributed by atoms with van der Waals surface area (Å²) < 4.78 is 0. The molecule has 0 bridgehead atoms. The summed E-state index contributed by atoms with van der Waals surface area (Å²) in [7, 11) is 0. The van der Waals surface area contributed by atoms with Crippen molar-refractivity contribution in [1.82, 2.24) is 4.90 Å². The fraction of sp³-hybridized carbons (Fsp3) is 0.308. The molecule has 1 saturated heterocycles. The minimum atomic E-state index is 0.679. The molecule has 2 nitrogen and oxygen atoms in total. The van der Waals surface area contributed by atoms with E-state index in [-0.39, 0.29) is 0 Å². The van der Waals surface area contributed by atoms with Crippen molar-refractivity contribution in [3.05, 3.63) is 41.6 Å². The van der Waals surface area contributed by atoms with Crippen LogP contribution in [0.3, 0.4) is 0 Å². The van der Waals surface area contributed by atoms with Gasteiger partial charge in [-0.05, 0) is 24.5 Å². The number of rotatable bonds is 3. The molecule has 15 heavy (non-hydrogen) atoms. The van der Waals surface area contributed by atoms with E-state index in [0.717, 1.165) is 18.7 Å². The number of hydrogen-bond donors (Lipinski definition) is 0. The van der Waals surface area contributed by atoms with Crippen LogP contribution < -0.4 is 0 Å². The lowest BCUT2D eigenvalue weighted by atomic mass is 10.2. The van der Waals surface area contributed by atoms with Crippen molar-refractivity contribution in [2.24, 2.45) is 0 Å². The normalized spacial score (nSPS) is 16.8. The van der Waals surface area contributed by atoms with E-state index in [4.69, 9.17) is 0 Å². The van der Waals surface area contributed by atoms with Gasteiger partial charge in [-0.1, -0.05) is 30.3 Å². The molecule has 1 aromatic rings. The summed E-state index contributed by atoms with van der Waals surface area (Å²) in [4.78, 5) is 13.0. The number of allylic oxidation sites excluding steroid dienone is 1. The van der Waals surface area contributed by atoms with Crippen LogP contribution in [0.4, 0.5) is 0 Å². The van der Waals surface area contributed by atoms with Crippen molar-refractivity contribution in [2.75, 3.05) is 13.1 Å². The second-order valence-electron chi connectivity index (χ2n) is 3.74. The van der Waals surface area contributed by atoms with Crippen molar-refractivity contribution in [3.8, 4) is 0 Å². The van der Waals surface area contributed by atoms with Crippen LogP contribution in [0.2, 0.25) is 0 Å². The van der Waals surface area contributed by atoms with E-state index in [1.807, 2.05) is 42.7 Å². The number of benzene rings is 1. The molecular weight excluding hydrogens is 186 g/mol. The fourth-order valence-electron chi connectivity index (χ4n) is 1.85. The van der Waals surface area contributed by atoms with E-state index in [1.165, 1.54) is 12.8 Å². The van der Waals surface area contributed by atoms with Crippen LogP contribution in [0.1, 0.15) is 18.4 Å². The minimum Gasteiger partial charge on any atom is -0.368 e. The Bertz CT molecular complexity index is 350. The predicted octanol–water partition coefficient (Wildman–Crippen LogP) is 2.23. The van der Waals surface area contributed by atoms with Gasteiger partial charge in [0.2, 0.25) is 0 Å². The lowest BCUT2D eigenvalue weighted by Gasteiger charge is -2.15. The van der Waals surface area contributed by atoms with Crippen LogP contribution in [-0.2, 0) is 4.79 Å². The Kier molecular flexibility index (Phi) is 3.18. The Morgan fingerprint density at radius 2 is 1.87 bits per heavy atom. The molecule has 77 valence electrons. The molecule has 0 saturated carbocycles. The Balaban J connectivity index is 2.18. The second-order valence-corrected chi connectivity index (χ2v) is 3.74. The lowest BCUT2D eigenvalue weighted by Crippen LogP contribution is -2.19. The summed E-state index contributed by atoms with van der Waals surface area (Å²) in [6.45, 7) is 1.96. The number of likely N-dealkylation sites (tertiary alicyclic amines) is 1. The third-order valence-electron chi connectivity index (χ3n) is 2.65. The SMILES string of the molecule is O=[C]C(=Cc1ccccc1)N1CCCC1. The number of carbonyl (C=O) groups excluding carboxylic acids is 1. The molecule has 1 fully saturated rings. The zero-order valence-electron chi connectivity index (χ0n) is 8.65. The molecule has 1 aliphatic heterocycles. The highest BCUT2D eigenvalue weighted by Crippen LogP contribution is 2.15. The van der Waals surface area contributed by atoms with E-state index >= 15 is 0 Å². The fourth-order valence-corrected chi connectivity index (χ4v) is 1.85. The Morgan fingerprint density at radius 1 is 1.20 bits per heavy atom. The van der Waals surface area contributed by atoms with Gasteiger partial charge in [0.15, 0.2) is 0 Å². The summed E-state index contributed by atoms with van der Waals surface area (Å²) in [6.07, 6.45) is 6.28. The van der Waals surface area contributed by atoms with E-state index in [9.17, 15) is 4.79 Å². The van der Waals surface area contributed by atoms with Crippen LogP contribution in [0, 0.1) is 0 Å². The first-order valence-corrected chi connectivity index (χ1v) is 5.30. The van der Waals surface area contributed by atoms with Gasteiger partial charge in [0.1, 0.15) is 0 Å². The maximum absolute atomic E-state index is 10.9. The molecule has 1 heterocycles. The predicted molar refractivity (Wildman–Crippen MR) is 60.9 cm³/mol. The number of hydrogen-bond acceptors (Lipinski definition) is 2. The molecule has 1 aliphatic rings. The van der Waals surface area contributed by atoms with E-state index in [0.29, 0.717) is 5.70 Å². The molecule has 0 unspecified atom stereocenters. The smallest absolute Gasteiger partial charge is 0.251 e. The summed E-state index contributed by atoms with van der Waals surface area (Å²) in [5, 5.41) is 0. The highest BCUT2D eigenvalue weighted by Gasteiger charge is 2.14. The standard InChI is InChI=1S/C13H14NO/c15-11-13(14-8-4-5-9-14)10-12-6-2-1-3-7-12/h1-3,6-7,10H,4-5,8-9H2. The van der Waals surface area contributed by atoms with Crippen LogP contribution in [0.25, 0.3) is 6.08 Å². The number of nitrogens with zero attached hydrogens (tertiary/aromatic N) is 1. The van der Waals surface area contributed by atoms with Crippen molar-refractivity contribution in [2.45, 2.75) is 12.8 Å². The quantitative estimate of drug-likeness (QED) is 0.697. The van der Waals surface area contributed by atoms with Gasteiger partial charge >= 0.3 is 0 Å². The zero-order valence-corrected chi connectivity index (χ0v) is 8.65. The molecule has 0 N–H and O–H groups in total. The van der Waals surface area contributed by atoms with Gasteiger partial charge in [-0.3, -0.25) is 4.79 Å². The summed E-state index contributed by atoms with van der Waals surface area (Å²) in [6, 6.07) is 9.90. The maximum atomic E-state index is 10.9. The van der Waals surface area contributed by atoms with Gasteiger partial charge in [-0.15, -0.1) is 0 Å². The molecule has 0 atom stereocenters. The first-order chi connectivity index (χ1) is 7.40. The molecule has 0 aromatic heterocycles. The van der Waals surface area contributed by atoms with Crippen molar-refractivity contribution in [3.63, 3.8) is 0 Å². The van der Waals surface area contributed by atoms with E-state index in [2.05, 4.69) is 4.90 Å². The Hall–Kier alpha value is -1.57. The van der Waals surface area contributed by atoms with Gasteiger partial charge in [0.05, 0.1) is 5.70 Å². The van der Waals surface area contributed by atoms with E-state index in [1.54, 1.807) is 0 Å². The highest BCUT2D eigenvalue weighted by molar-refractivity contribution is 5.81. The molecule has 0 aliphatic carbocycles. The first kappa shape index (κ1) is 9.97. The van der Waals surface area contributed by atoms with Gasteiger partial charge < -0.3 is 4.90 Å². The molecule has 1 aromatic carbocycles. The van der Waals surface area contributed by atoms with Crippen LogP contribution in [0.5, 0.6) is 0 Å². The van der Waals surface area contributed by atoms with Gasteiger partial charge in [-0.25, -0.2) is 0 Å². The lowest BCUT2D eigenvalue weighted by molar-refractivity contribution is 0.440. The molecule has 1 radical (unpaired) electrons. The monoisotopic (exact) mass is 200 g/mol. The zero-order chi connectivity index (χ0) is 10.5. The second kappa shape index (κ2) is 4.78. The van der Waals surface area contributed by atoms with Gasteiger partial charge in [0, 0.05) is 13.1 Å². The largest absolute Gasteiger partial charge is 0.368 e. The van der Waals surface area contributed by atoms with Gasteiger partial charge in [-0.2, -0.15) is 0 Å². The first-order valence-electron chi connectivity index (χ1n) is 5.30. The van der Waals surface area contributed by atoms with Crippen LogP contribution in [0.15, 0.2) is 36.0 Å². The average Bonchev–Trinajstić information content (AvgIpc) is 2.81. The third-order valence-corrected chi connectivity index (χ3v) is 2.65. The van der Waals surface area contributed by atoms with E-state index < -0.39 is 0 Å².